The van der Waals surface area contributed by atoms with Gasteiger partial charge >= 0.3 is 6.17 Å². The number of nitrogens with zero attached hydrogens (tertiary/aromatic N) is 6. The maximum absolute atomic E-state index is 14.0. The van der Waals surface area contributed by atoms with E-state index < -0.39 is 12.0 Å². The van der Waals surface area contributed by atoms with Crippen LogP contribution < -0.4 is 19.7 Å². The molecule has 0 aliphatic carbocycles. The second-order valence-corrected chi connectivity index (χ2v) is 7.26. The maximum Gasteiger partial charge on any atom is 0.333 e. The molecule has 9 nitrogen and oxygen atoms in total. The van der Waals surface area contributed by atoms with Gasteiger partial charge in [0, 0.05) is 11.3 Å². The van der Waals surface area contributed by atoms with Gasteiger partial charge in [-0.05, 0) is 13.0 Å². The Morgan fingerprint density at radius 1 is 1.33 bits per heavy atom. The van der Waals surface area contributed by atoms with Gasteiger partial charge in [-0.25, -0.2) is 25.4 Å². The van der Waals surface area contributed by atoms with Crippen molar-refractivity contribution < 1.29 is 13.9 Å². The Kier molecular flexibility index (Phi) is 4.17. The normalized spacial score (nSPS) is 20.7. The first-order valence-corrected chi connectivity index (χ1v) is 9.41. The van der Waals surface area contributed by atoms with E-state index in [1.54, 1.807) is 21.8 Å². The SMILES string of the molecule is [C-]#[N+][C@@H]1COc2cn3ncc4c3nc2N1Cc1cc(F)cnc1OC[C@@H](C)NC4=C. The van der Waals surface area contributed by atoms with E-state index in [4.69, 9.17) is 21.0 Å². The third-order valence-electron chi connectivity index (χ3n) is 5.06. The van der Waals surface area contributed by atoms with Crippen molar-refractivity contribution in [2.24, 2.45) is 0 Å². The molecule has 5 heterocycles. The van der Waals surface area contributed by atoms with Gasteiger partial charge in [-0.2, -0.15) is 5.10 Å². The Morgan fingerprint density at radius 3 is 3.03 bits per heavy atom. The fourth-order valence-corrected chi connectivity index (χ4v) is 3.61. The van der Waals surface area contributed by atoms with Gasteiger partial charge in [0.15, 0.2) is 23.8 Å². The zero-order valence-corrected chi connectivity index (χ0v) is 16.2. The van der Waals surface area contributed by atoms with Crippen molar-refractivity contribution in [1.82, 2.24) is 24.9 Å². The molecule has 0 saturated heterocycles. The molecule has 2 aliphatic heterocycles. The lowest BCUT2D eigenvalue weighted by atomic mass is 10.2. The predicted octanol–water partition coefficient (Wildman–Crippen LogP) is 2.25. The number of pyridine rings is 1. The second-order valence-electron chi connectivity index (χ2n) is 7.26. The molecule has 152 valence electrons. The van der Waals surface area contributed by atoms with Crippen LogP contribution >= 0.6 is 0 Å². The summed E-state index contributed by atoms with van der Waals surface area (Å²) in [5.74, 6) is 0.809. The quantitative estimate of drug-likeness (QED) is 0.573. The van der Waals surface area contributed by atoms with Gasteiger partial charge in [0.1, 0.15) is 12.4 Å². The number of ether oxygens (including phenoxy) is 2. The second kappa shape index (κ2) is 6.88. The number of nitrogens with one attached hydrogen (secondary N) is 1. The number of halogens is 1. The fraction of sp³-hybridized carbons (Fsp3) is 0.300. The molecule has 0 radical (unpaired) electrons. The molecular formula is C20H18FN7O2. The van der Waals surface area contributed by atoms with Crippen molar-refractivity contribution in [3.05, 3.63) is 59.6 Å². The van der Waals surface area contributed by atoms with Crippen molar-refractivity contribution in [1.29, 1.82) is 0 Å². The first-order valence-electron chi connectivity index (χ1n) is 9.41. The van der Waals surface area contributed by atoms with Crippen molar-refractivity contribution >= 4 is 17.2 Å². The molecule has 0 spiro atoms. The number of hydrogen-bond acceptors (Lipinski definition) is 7. The van der Waals surface area contributed by atoms with Gasteiger partial charge in [0.25, 0.3) is 0 Å². The summed E-state index contributed by atoms with van der Waals surface area (Å²) in [5, 5.41) is 7.64. The summed E-state index contributed by atoms with van der Waals surface area (Å²) in [6.07, 6.45) is 3.90. The Morgan fingerprint density at radius 2 is 2.20 bits per heavy atom. The molecule has 0 unspecified atom stereocenters. The average molecular weight is 407 g/mol. The Labute approximate surface area is 171 Å². The molecule has 3 aromatic heterocycles. The lowest BCUT2D eigenvalue weighted by Crippen LogP contribution is -2.41. The minimum Gasteiger partial charge on any atom is -0.478 e. The highest BCUT2D eigenvalue weighted by atomic mass is 19.1. The van der Waals surface area contributed by atoms with Crippen LogP contribution in [0.25, 0.3) is 16.2 Å². The van der Waals surface area contributed by atoms with E-state index >= 15 is 0 Å². The number of aromatic nitrogens is 4. The molecule has 1 N–H and O–H groups in total. The summed E-state index contributed by atoms with van der Waals surface area (Å²) in [7, 11) is 0. The van der Waals surface area contributed by atoms with E-state index in [0.717, 1.165) is 11.8 Å². The van der Waals surface area contributed by atoms with Crippen LogP contribution in [0, 0.1) is 12.4 Å². The van der Waals surface area contributed by atoms with Crippen molar-refractivity contribution in [3.63, 3.8) is 0 Å². The molecule has 30 heavy (non-hydrogen) atoms. The monoisotopic (exact) mass is 407 g/mol. The van der Waals surface area contributed by atoms with E-state index in [1.165, 1.54) is 6.07 Å². The maximum atomic E-state index is 14.0. The molecule has 0 aromatic carbocycles. The van der Waals surface area contributed by atoms with Crippen LogP contribution in [0.5, 0.6) is 11.6 Å². The summed E-state index contributed by atoms with van der Waals surface area (Å²) in [6.45, 7) is 14.3. The van der Waals surface area contributed by atoms with E-state index in [2.05, 4.69) is 26.8 Å². The molecule has 0 fully saturated rings. The average Bonchev–Trinajstić information content (AvgIpc) is 3.14. The Balaban J connectivity index is 1.72. The van der Waals surface area contributed by atoms with Gasteiger partial charge in [0.05, 0.1) is 36.7 Å². The van der Waals surface area contributed by atoms with Crippen LogP contribution in [0.1, 0.15) is 18.1 Å². The largest absolute Gasteiger partial charge is 0.478 e. The van der Waals surface area contributed by atoms with E-state index in [9.17, 15) is 4.39 Å². The van der Waals surface area contributed by atoms with Gasteiger partial charge < -0.3 is 14.8 Å². The summed E-state index contributed by atoms with van der Waals surface area (Å²) in [6, 6.07) is 1.27. The predicted molar refractivity (Wildman–Crippen MR) is 106 cm³/mol. The van der Waals surface area contributed by atoms with Crippen LogP contribution in [0.2, 0.25) is 0 Å². The lowest BCUT2D eigenvalue weighted by molar-refractivity contribution is 0.265. The molecule has 0 saturated carbocycles. The molecule has 10 heteroatoms. The van der Waals surface area contributed by atoms with Crippen LogP contribution in [-0.2, 0) is 6.54 Å². The zero-order chi connectivity index (χ0) is 20.8. The highest BCUT2D eigenvalue weighted by Crippen LogP contribution is 2.36. The first-order chi connectivity index (χ1) is 14.5. The van der Waals surface area contributed by atoms with Crippen molar-refractivity contribution in [2.75, 3.05) is 18.1 Å². The lowest BCUT2D eigenvalue weighted by Gasteiger charge is -2.30. The third-order valence-corrected chi connectivity index (χ3v) is 5.06. The molecule has 2 bridgehead atoms. The third kappa shape index (κ3) is 2.95. The highest BCUT2D eigenvalue weighted by Gasteiger charge is 2.35. The summed E-state index contributed by atoms with van der Waals surface area (Å²) < 4.78 is 27.3. The summed E-state index contributed by atoms with van der Waals surface area (Å²) in [4.78, 5) is 14.3. The smallest absolute Gasteiger partial charge is 0.333 e. The number of hydrogen-bond donors (Lipinski definition) is 1. The molecule has 3 aromatic rings. The fourth-order valence-electron chi connectivity index (χ4n) is 3.61. The standard InChI is InChI=1S/C20H18FN7O2/c1-11-9-30-20-13(4-14(21)5-23-20)7-27-17(22-3)10-29-16-8-28-18(26-19(16)27)15(6-24-28)12(2)25-11/h4-6,8,11,17,25H,2,7,9-10H2,1H3/t11-,17+/m1/s1. The van der Waals surface area contributed by atoms with E-state index in [0.29, 0.717) is 41.0 Å². The number of anilines is 1. The zero-order valence-electron chi connectivity index (χ0n) is 16.2. The molecule has 5 rings (SSSR count). The van der Waals surface area contributed by atoms with Crippen molar-refractivity contribution in [2.45, 2.75) is 25.7 Å². The highest BCUT2D eigenvalue weighted by molar-refractivity contribution is 5.75. The van der Waals surface area contributed by atoms with E-state index in [1.807, 2.05) is 6.92 Å². The van der Waals surface area contributed by atoms with Crippen LogP contribution in [-0.4, -0.2) is 45.0 Å². The molecular weight excluding hydrogens is 389 g/mol. The first kappa shape index (κ1) is 18.2. The van der Waals surface area contributed by atoms with Gasteiger partial charge in [-0.15, -0.1) is 0 Å². The van der Waals surface area contributed by atoms with Gasteiger partial charge in [0.2, 0.25) is 5.88 Å². The van der Waals surface area contributed by atoms with Crippen molar-refractivity contribution in [3.8, 4) is 11.6 Å². The summed E-state index contributed by atoms with van der Waals surface area (Å²) in [5.41, 5.74) is 2.48. The molecule has 2 aliphatic rings. The topological polar surface area (TPSA) is 81.2 Å². The van der Waals surface area contributed by atoms with Crippen LogP contribution in [0.4, 0.5) is 10.2 Å². The van der Waals surface area contributed by atoms with Gasteiger partial charge in [-0.1, -0.05) is 6.58 Å². The molecule has 0 amide bonds. The number of rotatable bonds is 0. The minimum absolute atomic E-state index is 0.0993. The minimum atomic E-state index is -0.625. The van der Waals surface area contributed by atoms with E-state index in [-0.39, 0.29) is 19.2 Å². The Hall–Kier alpha value is -3.87. The number of fused-ring (bicyclic) bond motifs is 1. The van der Waals surface area contributed by atoms with Crippen LogP contribution in [0.15, 0.2) is 31.2 Å². The summed E-state index contributed by atoms with van der Waals surface area (Å²) >= 11 is 0. The van der Waals surface area contributed by atoms with Crippen LogP contribution in [0.3, 0.4) is 0 Å². The Bertz CT molecular complexity index is 1200. The van der Waals surface area contributed by atoms with Gasteiger partial charge in [-0.3, -0.25) is 9.74 Å². The molecule has 2 atom stereocenters.